The Balaban J connectivity index is 1.28. The third-order valence-corrected chi connectivity index (χ3v) is 11.9. The van der Waals surface area contributed by atoms with Crippen molar-refractivity contribution in [2.75, 3.05) is 0 Å². The Bertz CT molecular complexity index is 3040. The minimum Gasteiger partial charge on any atom is -0.309 e. The lowest BCUT2D eigenvalue weighted by Gasteiger charge is -2.10. The summed E-state index contributed by atoms with van der Waals surface area (Å²) < 4.78 is 10.1. The van der Waals surface area contributed by atoms with Crippen LogP contribution in [0.5, 0.6) is 0 Å². The molecule has 0 saturated carbocycles. The molecule has 5 heterocycles. The van der Waals surface area contributed by atoms with Crippen LogP contribution in [0.3, 0.4) is 0 Å². The molecule has 11 rings (SSSR count). The van der Waals surface area contributed by atoms with Crippen molar-refractivity contribution in [2.24, 2.45) is 0 Å². The van der Waals surface area contributed by atoms with Gasteiger partial charge in [-0.2, -0.15) is 0 Å². The second kappa shape index (κ2) is 9.04. The summed E-state index contributed by atoms with van der Waals surface area (Å²) in [7, 11) is 0. The van der Waals surface area contributed by atoms with Crippen molar-refractivity contribution in [2.45, 2.75) is 0 Å². The molecule has 0 N–H and O–H groups in total. The third kappa shape index (κ3) is 3.23. The van der Waals surface area contributed by atoms with Gasteiger partial charge in [0.05, 0.1) is 16.6 Å². The molecular formula is C41H23N3S2. The van der Waals surface area contributed by atoms with E-state index in [1.807, 2.05) is 28.9 Å². The molecule has 0 aliphatic heterocycles. The van der Waals surface area contributed by atoms with E-state index in [0.717, 1.165) is 22.2 Å². The van der Waals surface area contributed by atoms with Crippen molar-refractivity contribution in [3.05, 3.63) is 140 Å². The van der Waals surface area contributed by atoms with Crippen molar-refractivity contribution in [3.8, 4) is 11.4 Å². The number of benzene rings is 6. The molecule has 5 aromatic heterocycles. The average molecular weight is 622 g/mol. The molecule has 3 nitrogen and oxygen atoms in total. The van der Waals surface area contributed by atoms with Gasteiger partial charge in [0.15, 0.2) is 0 Å². The zero-order valence-corrected chi connectivity index (χ0v) is 26.1. The summed E-state index contributed by atoms with van der Waals surface area (Å²) >= 11 is 3.72. The van der Waals surface area contributed by atoms with Gasteiger partial charge >= 0.3 is 0 Å². The number of hydrogen-bond acceptors (Lipinski definition) is 3. The van der Waals surface area contributed by atoms with Crippen LogP contribution < -0.4 is 0 Å². The Hall–Kier alpha value is -5.49. The Kier molecular flexibility index (Phi) is 4.87. The Labute approximate surface area is 270 Å². The van der Waals surface area contributed by atoms with Crippen LogP contribution in [0.15, 0.2) is 140 Å². The molecule has 5 heteroatoms. The van der Waals surface area contributed by atoms with E-state index in [9.17, 15) is 0 Å². The maximum Gasteiger partial charge on any atom is 0.145 e. The van der Waals surface area contributed by atoms with E-state index >= 15 is 0 Å². The van der Waals surface area contributed by atoms with E-state index in [0.29, 0.717) is 0 Å². The molecule has 46 heavy (non-hydrogen) atoms. The predicted molar refractivity (Wildman–Crippen MR) is 199 cm³/mol. The number of hydrogen-bond donors (Lipinski definition) is 0. The fourth-order valence-electron chi connectivity index (χ4n) is 7.62. The topological polar surface area (TPSA) is 22.8 Å². The zero-order valence-electron chi connectivity index (χ0n) is 24.4. The molecule has 0 aliphatic rings. The maximum atomic E-state index is 5.01. The minimum absolute atomic E-state index is 0.972. The van der Waals surface area contributed by atoms with Gasteiger partial charge in [-0.15, -0.1) is 22.7 Å². The molecule has 11 aromatic rings. The SMILES string of the molecule is c1ccc2c(c1)sc1ccc(-n3c4ccc5c6ccccc6n(-c6ccc7sc8ccccc8c7c6)c5c4c4cccnc43)cc12. The first-order valence-electron chi connectivity index (χ1n) is 15.5. The number of rotatable bonds is 2. The van der Waals surface area contributed by atoms with Crippen LogP contribution in [0.25, 0.3) is 95.5 Å². The van der Waals surface area contributed by atoms with E-state index in [-0.39, 0.29) is 0 Å². The quantitative estimate of drug-likeness (QED) is 0.188. The lowest BCUT2D eigenvalue weighted by atomic mass is 10.1. The molecule has 0 radical (unpaired) electrons. The molecule has 0 saturated heterocycles. The summed E-state index contributed by atoms with van der Waals surface area (Å²) in [5, 5.41) is 10.1. The van der Waals surface area contributed by atoms with Crippen LogP contribution in [-0.2, 0) is 0 Å². The van der Waals surface area contributed by atoms with Crippen LogP contribution in [0.4, 0.5) is 0 Å². The van der Waals surface area contributed by atoms with Crippen molar-refractivity contribution in [1.29, 1.82) is 0 Å². The van der Waals surface area contributed by atoms with Crippen molar-refractivity contribution >= 4 is 107 Å². The first-order chi connectivity index (χ1) is 22.8. The monoisotopic (exact) mass is 621 g/mol. The lowest BCUT2D eigenvalue weighted by Crippen LogP contribution is -1.96. The average Bonchev–Trinajstić information content (AvgIpc) is 3.85. The van der Waals surface area contributed by atoms with Crippen LogP contribution in [0.1, 0.15) is 0 Å². The molecule has 0 amide bonds. The molecule has 0 aliphatic carbocycles. The number of fused-ring (bicyclic) bond motifs is 13. The molecule has 214 valence electrons. The van der Waals surface area contributed by atoms with Gasteiger partial charge in [-0.1, -0.05) is 60.7 Å². The number of thiophene rings is 2. The maximum absolute atomic E-state index is 5.01. The van der Waals surface area contributed by atoms with Crippen LogP contribution in [0, 0.1) is 0 Å². The van der Waals surface area contributed by atoms with Gasteiger partial charge in [0.1, 0.15) is 5.65 Å². The van der Waals surface area contributed by atoms with E-state index < -0.39 is 0 Å². The molecular weight excluding hydrogens is 599 g/mol. The van der Waals surface area contributed by atoms with Gasteiger partial charge < -0.3 is 4.57 Å². The minimum atomic E-state index is 0.972. The Morgan fingerprint density at radius 2 is 1.00 bits per heavy atom. The fourth-order valence-corrected chi connectivity index (χ4v) is 9.79. The number of aromatic nitrogens is 3. The molecule has 0 unspecified atom stereocenters. The van der Waals surface area contributed by atoms with Crippen LogP contribution in [0.2, 0.25) is 0 Å². The van der Waals surface area contributed by atoms with Crippen molar-refractivity contribution < 1.29 is 0 Å². The molecule has 0 fully saturated rings. The lowest BCUT2D eigenvalue weighted by molar-refractivity contribution is 1.14. The van der Waals surface area contributed by atoms with Crippen molar-refractivity contribution in [1.82, 2.24) is 14.1 Å². The summed E-state index contributed by atoms with van der Waals surface area (Å²) in [5.41, 5.74) is 6.86. The highest BCUT2D eigenvalue weighted by atomic mass is 32.1. The number of para-hydroxylation sites is 1. The van der Waals surface area contributed by atoms with E-state index in [4.69, 9.17) is 4.98 Å². The van der Waals surface area contributed by atoms with Crippen molar-refractivity contribution in [3.63, 3.8) is 0 Å². The summed E-state index contributed by atoms with van der Waals surface area (Å²) in [6.07, 6.45) is 1.92. The largest absolute Gasteiger partial charge is 0.309 e. The van der Waals surface area contributed by atoms with Crippen LogP contribution in [-0.4, -0.2) is 14.1 Å². The van der Waals surface area contributed by atoms with E-state index in [1.165, 1.54) is 73.2 Å². The van der Waals surface area contributed by atoms with Gasteiger partial charge in [-0.3, -0.25) is 4.57 Å². The van der Waals surface area contributed by atoms with Gasteiger partial charge in [0, 0.05) is 79.5 Å². The Morgan fingerprint density at radius 3 is 1.72 bits per heavy atom. The summed E-state index contributed by atoms with van der Waals surface area (Å²) in [5.74, 6) is 0. The number of pyridine rings is 1. The smallest absolute Gasteiger partial charge is 0.145 e. The molecule has 0 bridgehead atoms. The normalized spacial score (nSPS) is 12.3. The second-order valence-electron chi connectivity index (χ2n) is 12.0. The molecule has 0 spiro atoms. The van der Waals surface area contributed by atoms with Gasteiger partial charge in [-0.25, -0.2) is 4.98 Å². The second-order valence-corrected chi connectivity index (χ2v) is 14.1. The highest BCUT2D eigenvalue weighted by molar-refractivity contribution is 7.26. The highest BCUT2D eigenvalue weighted by Gasteiger charge is 2.22. The standard InChI is InChI=1S/C41H23N3S2/c1-4-12-33-26(8-1)29-17-18-34-39(40(29)43(33)24-15-19-37-31(22-24)27-9-2-5-13-35(27)45-37)30-11-7-21-42-41(30)44(34)25-16-20-38-32(23-25)28-10-3-6-14-36(28)46-38/h1-23H. The summed E-state index contributed by atoms with van der Waals surface area (Å²) in [4.78, 5) is 5.01. The van der Waals surface area contributed by atoms with Gasteiger partial charge in [-0.05, 0) is 72.8 Å². The predicted octanol–water partition coefficient (Wildman–Crippen LogP) is 12.0. The number of nitrogens with zero attached hydrogens (tertiary/aromatic N) is 3. The first-order valence-corrected chi connectivity index (χ1v) is 17.1. The first kappa shape index (κ1) is 24.8. The summed E-state index contributed by atoms with van der Waals surface area (Å²) in [6, 6.07) is 49.0. The molecule has 6 aromatic carbocycles. The third-order valence-electron chi connectivity index (χ3n) is 9.56. The zero-order chi connectivity index (χ0) is 29.9. The van der Waals surface area contributed by atoms with E-state index in [1.54, 1.807) is 0 Å². The molecule has 0 atom stereocenters. The summed E-state index contributed by atoms with van der Waals surface area (Å²) in [6.45, 7) is 0. The van der Waals surface area contributed by atoms with Gasteiger partial charge in [0.2, 0.25) is 0 Å². The fraction of sp³-hybridized carbons (Fsp3) is 0. The van der Waals surface area contributed by atoms with Crippen LogP contribution >= 0.6 is 22.7 Å². The highest BCUT2D eigenvalue weighted by Crippen LogP contribution is 2.43. The van der Waals surface area contributed by atoms with E-state index in [2.05, 4.69) is 143 Å². The Morgan fingerprint density at radius 1 is 0.413 bits per heavy atom. The van der Waals surface area contributed by atoms with Gasteiger partial charge in [0.25, 0.3) is 0 Å².